The van der Waals surface area contributed by atoms with Gasteiger partial charge < -0.3 is 9.64 Å². The number of likely N-dealkylation sites (tertiary alicyclic amines) is 1. The highest BCUT2D eigenvalue weighted by Gasteiger charge is 2.44. The van der Waals surface area contributed by atoms with Crippen LogP contribution < -0.4 is 9.64 Å². The van der Waals surface area contributed by atoms with E-state index >= 15 is 0 Å². The first-order valence-corrected chi connectivity index (χ1v) is 9.38. The lowest BCUT2D eigenvalue weighted by Gasteiger charge is -2.34. The Kier molecular flexibility index (Phi) is 5.21. The molecule has 0 radical (unpaired) electrons. The lowest BCUT2D eigenvalue weighted by molar-refractivity contribution is -0.124. The van der Waals surface area contributed by atoms with E-state index in [1.807, 2.05) is 0 Å². The van der Waals surface area contributed by atoms with E-state index < -0.39 is 28.9 Å². The Morgan fingerprint density at radius 1 is 1.07 bits per heavy atom. The molecule has 0 N–H and O–H groups in total. The summed E-state index contributed by atoms with van der Waals surface area (Å²) in [6.07, 6.45) is 0.602. The van der Waals surface area contributed by atoms with Crippen LogP contribution in [0.5, 0.6) is 5.75 Å². The van der Waals surface area contributed by atoms with Crippen molar-refractivity contribution < 1.29 is 27.1 Å². The topological polar surface area (TPSA) is 32.8 Å². The second-order valence-electron chi connectivity index (χ2n) is 7.50. The van der Waals surface area contributed by atoms with Crippen LogP contribution in [0, 0.1) is 35.1 Å². The van der Waals surface area contributed by atoms with Crippen molar-refractivity contribution in [3.8, 4) is 5.75 Å². The number of hydrogen-bond donors (Lipinski definition) is 0. The van der Waals surface area contributed by atoms with E-state index in [-0.39, 0.29) is 30.1 Å². The molecule has 0 spiro atoms. The van der Waals surface area contributed by atoms with Gasteiger partial charge in [-0.3, -0.25) is 9.69 Å². The maximum Gasteiger partial charge on any atom is 0.231 e. The van der Waals surface area contributed by atoms with Gasteiger partial charge in [0.1, 0.15) is 5.82 Å². The molecule has 2 aliphatic heterocycles. The monoisotopic (exact) mass is 408 g/mol. The molecule has 4 nitrogen and oxygen atoms in total. The summed E-state index contributed by atoms with van der Waals surface area (Å²) in [6, 6.07) is 6.98. The molecule has 2 aliphatic rings. The number of fused-ring (bicyclic) bond motifs is 1. The number of benzene rings is 2. The molecule has 154 valence electrons. The largest absolute Gasteiger partial charge is 0.491 e. The molecule has 2 atom stereocenters. The summed E-state index contributed by atoms with van der Waals surface area (Å²) in [5, 5.41) is 0. The third kappa shape index (κ3) is 3.57. The predicted molar refractivity (Wildman–Crippen MR) is 98.5 cm³/mol. The fourth-order valence-electron chi connectivity index (χ4n) is 4.30. The summed E-state index contributed by atoms with van der Waals surface area (Å²) in [5.74, 6) is -5.54. The summed E-state index contributed by atoms with van der Waals surface area (Å²) < 4.78 is 60.3. The summed E-state index contributed by atoms with van der Waals surface area (Å²) in [7, 11) is 1.05. The molecule has 0 bridgehead atoms. The van der Waals surface area contributed by atoms with Crippen molar-refractivity contribution in [1.82, 2.24) is 4.90 Å². The van der Waals surface area contributed by atoms with Gasteiger partial charge in [-0.1, -0.05) is 12.1 Å². The Morgan fingerprint density at radius 2 is 1.79 bits per heavy atom. The van der Waals surface area contributed by atoms with Gasteiger partial charge in [0.2, 0.25) is 11.7 Å². The average molecular weight is 408 g/mol. The molecule has 2 aromatic rings. The molecule has 0 unspecified atom stereocenters. The van der Waals surface area contributed by atoms with Crippen LogP contribution in [0.3, 0.4) is 0 Å². The molecule has 0 aliphatic carbocycles. The SMILES string of the molecule is COc1c(F)cc(N2CC[C@H]3CN(Cc4ccc(F)cc4)C[C@H]3C2=O)c(F)c1F. The summed E-state index contributed by atoms with van der Waals surface area (Å²) in [5.41, 5.74) is 0.529. The fourth-order valence-corrected chi connectivity index (χ4v) is 4.30. The van der Waals surface area contributed by atoms with Crippen molar-refractivity contribution in [2.24, 2.45) is 11.8 Å². The first-order chi connectivity index (χ1) is 13.9. The van der Waals surface area contributed by atoms with Crippen molar-refractivity contribution in [3.63, 3.8) is 0 Å². The zero-order chi connectivity index (χ0) is 20.7. The number of methoxy groups -OCH3 is 1. The number of piperidine rings is 1. The molecule has 4 rings (SSSR count). The number of rotatable bonds is 4. The standard InChI is InChI=1S/C21H20F4N2O2/c1-29-20-16(23)8-17(18(24)19(20)25)27-7-6-13-10-26(11-15(13)21(27)28)9-12-2-4-14(22)5-3-12/h2-5,8,13,15H,6-7,9-11H2,1H3/t13-,15+/m0/s1. The molecule has 2 fully saturated rings. The van der Waals surface area contributed by atoms with Crippen LogP contribution in [0.4, 0.5) is 23.2 Å². The van der Waals surface area contributed by atoms with Crippen LogP contribution in [-0.4, -0.2) is 37.6 Å². The third-order valence-corrected chi connectivity index (χ3v) is 5.74. The minimum atomic E-state index is -1.44. The van der Waals surface area contributed by atoms with Crippen molar-refractivity contribution in [3.05, 3.63) is 59.2 Å². The minimum Gasteiger partial charge on any atom is -0.491 e. The smallest absolute Gasteiger partial charge is 0.231 e. The Hall–Kier alpha value is -2.61. The molecule has 29 heavy (non-hydrogen) atoms. The number of halogens is 4. The third-order valence-electron chi connectivity index (χ3n) is 5.74. The van der Waals surface area contributed by atoms with Gasteiger partial charge in [-0.25, -0.2) is 13.2 Å². The lowest BCUT2D eigenvalue weighted by Crippen LogP contribution is -2.46. The molecule has 8 heteroatoms. The molecular weight excluding hydrogens is 388 g/mol. The maximum atomic E-state index is 14.5. The summed E-state index contributed by atoms with van der Waals surface area (Å²) >= 11 is 0. The van der Waals surface area contributed by atoms with Gasteiger partial charge >= 0.3 is 0 Å². The first-order valence-electron chi connectivity index (χ1n) is 9.38. The van der Waals surface area contributed by atoms with Crippen LogP contribution in [0.25, 0.3) is 0 Å². The fraction of sp³-hybridized carbons (Fsp3) is 0.381. The average Bonchev–Trinajstić information content (AvgIpc) is 3.11. The summed E-state index contributed by atoms with van der Waals surface area (Å²) in [6.45, 7) is 1.91. The van der Waals surface area contributed by atoms with Crippen LogP contribution in [0.1, 0.15) is 12.0 Å². The highest BCUT2D eigenvalue weighted by atomic mass is 19.2. The van der Waals surface area contributed by atoms with E-state index in [9.17, 15) is 22.4 Å². The number of carbonyl (C=O) groups excluding carboxylic acids is 1. The normalized spacial score (nSPS) is 22.1. The number of carbonyl (C=O) groups is 1. The number of nitrogens with zero attached hydrogens (tertiary/aromatic N) is 2. The van der Waals surface area contributed by atoms with Crippen LogP contribution in [-0.2, 0) is 11.3 Å². The van der Waals surface area contributed by atoms with Gasteiger partial charge in [-0.05, 0) is 30.0 Å². The first kappa shape index (κ1) is 19.7. The number of amides is 1. The molecule has 2 aromatic carbocycles. The van der Waals surface area contributed by atoms with E-state index in [1.54, 1.807) is 12.1 Å². The van der Waals surface area contributed by atoms with Crippen LogP contribution in [0.15, 0.2) is 30.3 Å². The Morgan fingerprint density at radius 3 is 2.48 bits per heavy atom. The Balaban J connectivity index is 1.52. The van der Waals surface area contributed by atoms with Gasteiger partial charge in [0, 0.05) is 32.2 Å². The van der Waals surface area contributed by atoms with Gasteiger partial charge in [0.05, 0.1) is 18.7 Å². The van der Waals surface area contributed by atoms with Gasteiger partial charge in [-0.15, -0.1) is 0 Å². The van der Waals surface area contributed by atoms with Gasteiger partial charge in [0.25, 0.3) is 0 Å². The molecule has 0 aromatic heterocycles. The minimum absolute atomic E-state index is 0.0928. The molecule has 0 saturated carbocycles. The van der Waals surface area contributed by atoms with E-state index in [1.165, 1.54) is 12.1 Å². The zero-order valence-electron chi connectivity index (χ0n) is 15.8. The maximum absolute atomic E-state index is 14.5. The predicted octanol–water partition coefficient (Wildman–Crippen LogP) is 3.74. The van der Waals surface area contributed by atoms with Crippen LogP contribution in [0.2, 0.25) is 0 Å². The van der Waals surface area contributed by atoms with Crippen molar-refractivity contribution in [1.29, 1.82) is 0 Å². The second kappa shape index (κ2) is 7.67. The zero-order valence-corrected chi connectivity index (χ0v) is 15.8. The highest BCUT2D eigenvalue weighted by Crippen LogP contribution is 2.38. The lowest BCUT2D eigenvalue weighted by atomic mass is 9.87. The number of anilines is 1. The summed E-state index contributed by atoms with van der Waals surface area (Å²) in [4.78, 5) is 16.2. The highest BCUT2D eigenvalue weighted by molar-refractivity contribution is 5.96. The van der Waals surface area contributed by atoms with E-state index in [0.29, 0.717) is 26.1 Å². The van der Waals surface area contributed by atoms with Gasteiger partial charge in [-0.2, -0.15) is 4.39 Å². The van der Waals surface area contributed by atoms with E-state index in [0.717, 1.165) is 23.6 Å². The van der Waals surface area contributed by atoms with E-state index in [4.69, 9.17) is 0 Å². The number of ether oxygens (including phenoxy) is 1. The molecule has 1 amide bonds. The quantitative estimate of drug-likeness (QED) is 0.571. The van der Waals surface area contributed by atoms with Crippen LogP contribution >= 0.6 is 0 Å². The molecule has 2 heterocycles. The van der Waals surface area contributed by atoms with Gasteiger partial charge in [0.15, 0.2) is 17.4 Å². The van der Waals surface area contributed by atoms with E-state index in [2.05, 4.69) is 9.64 Å². The number of hydrogen-bond acceptors (Lipinski definition) is 3. The van der Waals surface area contributed by atoms with Crippen molar-refractivity contribution >= 4 is 11.6 Å². The Bertz CT molecular complexity index is 935. The van der Waals surface area contributed by atoms with Crippen molar-refractivity contribution in [2.75, 3.05) is 31.6 Å². The molecular formula is C21H20F4N2O2. The second-order valence-corrected chi connectivity index (χ2v) is 7.50. The van der Waals surface area contributed by atoms with Crippen molar-refractivity contribution in [2.45, 2.75) is 13.0 Å². The molecule has 2 saturated heterocycles. The Labute approximate surface area is 165 Å².